The van der Waals surface area contributed by atoms with Crippen molar-refractivity contribution in [2.24, 2.45) is 0 Å². The van der Waals surface area contributed by atoms with E-state index in [0.29, 0.717) is 0 Å². The van der Waals surface area contributed by atoms with Gasteiger partial charge in [-0.15, -0.1) is 21.5 Å². The third kappa shape index (κ3) is 2.50. The molecule has 4 nitrogen and oxygen atoms in total. The standard InChI is InChI=1S/C9H16N4S/c1-2-8-11-12-9(14-8)7-13-5-3-10-4-6-13/h10H,2-7H2,1H3. The van der Waals surface area contributed by atoms with Crippen molar-refractivity contribution in [2.75, 3.05) is 26.2 Å². The summed E-state index contributed by atoms with van der Waals surface area (Å²) in [5.74, 6) is 0. The quantitative estimate of drug-likeness (QED) is 0.792. The van der Waals surface area contributed by atoms with Gasteiger partial charge in [-0.25, -0.2) is 0 Å². The van der Waals surface area contributed by atoms with Gasteiger partial charge in [0.05, 0.1) is 6.54 Å². The highest BCUT2D eigenvalue weighted by atomic mass is 32.1. The lowest BCUT2D eigenvalue weighted by molar-refractivity contribution is 0.232. The molecular weight excluding hydrogens is 196 g/mol. The predicted molar refractivity (Wildman–Crippen MR) is 57.4 cm³/mol. The first-order valence-corrected chi connectivity index (χ1v) is 5.94. The SMILES string of the molecule is CCc1nnc(CN2CCNCC2)s1. The Morgan fingerprint density at radius 1 is 1.29 bits per heavy atom. The van der Waals surface area contributed by atoms with Gasteiger partial charge in [-0.2, -0.15) is 0 Å². The highest BCUT2D eigenvalue weighted by Gasteiger charge is 2.12. The molecule has 1 aromatic rings. The maximum atomic E-state index is 4.19. The molecule has 1 saturated heterocycles. The minimum absolute atomic E-state index is 0.972. The first kappa shape index (κ1) is 10.0. The van der Waals surface area contributed by atoms with Crippen LogP contribution in [0.4, 0.5) is 0 Å². The van der Waals surface area contributed by atoms with Gasteiger partial charge in [-0.1, -0.05) is 6.92 Å². The van der Waals surface area contributed by atoms with Crippen LogP contribution in [0.1, 0.15) is 16.9 Å². The van der Waals surface area contributed by atoms with Crippen LogP contribution in [0.5, 0.6) is 0 Å². The largest absolute Gasteiger partial charge is 0.314 e. The molecular formula is C9H16N4S. The van der Waals surface area contributed by atoms with Crippen LogP contribution in [0.25, 0.3) is 0 Å². The molecule has 2 heterocycles. The van der Waals surface area contributed by atoms with Gasteiger partial charge in [0.1, 0.15) is 10.0 Å². The first-order chi connectivity index (χ1) is 6.88. The molecule has 14 heavy (non-hydrogen) atoms. The van der Waals surface area contributed by atoms with Crippen molar-refractivity contribution >= 4 is 11.3 Å². The Bertz CT molecular complexity index is 280. The van der Waals surface area contributed by atoms with Gasteiger partial charge in [0, 0.05) is 26.2 Å². The Balaban J connectivity index is 1.89. The summed E-state index contributed by atoms with van der Waals surface area (Å²) >= 11 is 1.74. The summed E-state index contributed by atoms with van der Waals surface area (Å²) in [6, 6.07) is 0. The maximum Gasteiger partial charge on any atom is 0.131 e. The fraction of sp³-hybridized carbons (Fsp3) is 0.778. The average molecular weight is 212 g/mol. The van der Waals surface area contributed by atoms with Crippen LogP contribution in [0, 0.1) is 0 Å². The molecule has 2 rings (SSSR count). The highest BCUT2D eigenvalue weighted by Crippen LogP contribution is 2.12. The fourth-order valence-corrected chi connectivity index (χ4v) is 2.38. The summed E-state index contributed by atoms with van der Waals surface area (Å²) in [5.41, 5.74) is 0. The van der Waals surface area contributed by atoms with Crippen molar-refractivity contribution in [2.45, 2.75) is 19.9 Å². The molecule has 0 aromatic carbocycles. The molecule has 0 aliphatic carbocycles. The summed E-state index contributed by atoms with van der Waals surface area (Å²) in [4.78, 5) is 2.43. The third-order valence-corrected chi connectivity index (χ3v) is 3.43. The minimum Gasteiger partial charge on any atom is -0.314 e. The zero-order chi connectivity index (χ0) is 9.80. The second-order valence-corrected chi connectivity index (χ2v) is 4.62. The first-order valence-electron chi connectivity index (χ1n) is 5.13. The Labute approximate surface area is 88.3 Å². The van der Waals surface area contributed by atoms with Crippen LogP contribution in [0.2, 0.25) is 0 Å². The molecule has 0 radical (unpaired) electrons. The van der Waals surface area contributed by atoms with E-state index in [4.69, 9.17) is 0 Å². The van der Waals surface area contributed by atoms with Crippen LogP contribution in [0.15, 0.2) is 0 Å². The van der Waals surface area contributed by atoms with E-state index in [1.807, 2.05) is 0 Å². The smallest absolute Gasteiger partial charge is 0.131 e. The lowest BCUT2D eigenvalue weighted by atomic mass is 10.4. The van der Waals surface area contributed by atoms with Gasteiger partial charge < -0.3 is 5.32 Å². The second-order valence-electron chi connectivity index (χ2n) is 3.47. The summed E-state index contributed by atoms with van der Waals surface area (Å²) in [6.07, 6.45) is 0.999. The molecule has 1 aliphatic rings. The third-order valence-electron chi connectivity index (χ3n) is 2.38. The van der Waals surface area contributed by atoms with E-state index in [9.17, 15) is 0 Å². The molecule has 1 N–H and O–H groups in total. The Kier molecular flexibility index (Phi) is 3.44. The van der Waals surface area contributed by atoms with Gasteiger partial charge in [0.15, 0.2) is 0 Å². The van der Waals surface area contributed by atoms with Gasteiger partial charge in [-0.3, -0.25) is 4.90 Å². The molecule has 1 aliphatic heterocycles. The number of hydrogen-bond donors (Lipinski definition) is 1. The van der Waals surface area contributed by atoms with Gasteiger partial charge in [-0.05, 0) is 6.42 Å². The normalized spacial score (nSPS) is 18.6. The molecule has 5 heteroatoms. The zero-order valence-corrected chi connectivity index (χ0v) is 9.31. The minimum atomic E-state index is 0.972. The van der Waals surface area contributed by atoms with E-state index in [0.717, 1.165) is 49.2 Å². The monoisotopic (exact) mass is 212 g/mol. The van der Waals surface area contributed by atoms with E-state index >= 15 is 0 Å². The fourth-order valence-electron chi connectivity index (χ4n) is 1.56. The van der Waals surface area contributed by atoms with Crippen molar-refractivity contribution in [1.29, 1.82) is 0 Å². The van der Waals surface area contributed by atoms with Crippen LogP contribution in [-0.2, 0) is 13.0 Å². The van der Waals surface area contributed by atoms with E-state index in [1.165, 1.54) is 0 Å². The van der Waals surface area contributed by atoms with E-state index in [1.54, 1.807) is 11.3 Å². The maximum absolute atomic E-state index is 4.19. The molecule has 0 spiro atoms. The van der Waals surface area contributed by atoms with Crippen LogP contribution >= 0.6 is 11.3 Å². The van der Waals surface area contributed by atoms with Crippen LogP contribution < -0.4 is 5.32 Å². The van der Waals surface area contributed by atoms with Crippen molar-refractivity contribution in [3.8, 4) is 0 Å². The topological polar surface area (TPSA) is 41.1 Å². The van der Waals surface area contributed by atoms with E-state index in [-0.39, 0.29) is 0 Å². The van der Waals surface area contributed by atoms with Gasteiger partial charge in [0.2, 0.25) is 0 Å². The number of aryl methyl sites for hydroxylation is 1. The molecule has 0 saturated carbocycles. The number of nitrogens with zero attached hydrogens (tertiary/aromatic N) is 3. The number of aromatic nitrogens is 2. The summed E-state index contributed by atoms with van der Waals surface area (Å²) in [6.45, 7) is 7.54. The molecule has 1 aromatic heterocycles. The van der Waals surface area contributed by atoms with Crippen molar-refractivity contribution in [3.63, 3.8) is 0 Å². The highest BCUT2D eigenvalue weighted by molar-refractivity contribution is 7.11. The zero-order valence-electron chi connectivity index (χ0n) is 8.49. The molecule has 0 unspecified atom stereocenters. The predicted octanol–water partition coefficient (Wildman–Crippen LogP) is 0.506. The molecule has 1 fully saturated rings. The number of piperazine rings is 1. The Morgan fingerprint density at radius 3 is 2.64 bits per heavy atom. The van der Waals surface area contributed by atoms with Gasteiger partial charge >= 0.3 is 0 Å². The van der Waals surface area contributed by atoms with E-state index in [2.05, 4.69) is 27.3 Å². The van der Waals surface area contributed by atoms with Crippen molar-refractivity contribution in [3.05, 3.63) is 10.0 Å². The average Bonchev–Trinajstić information content (AvgIpc) is 2.67. The van der Waals surface area contributed by atoms with Gasteiger partial charge in [0.25, 0.3) is 0 Å². The number of hydrogen-bond acceptors (Lipinski definition) is 5. The lowest BCUT2D eigenvalue weighted by Gasteiger charge is -2.25. The Hall–Kier alpha value is -0.520. The Morgan fingerprint density at radius 2 is 2.00 bits per heavy atom. The number of rotatable bonds is 3. The molecule has 0 bridgehead atoms. The summed E-state index contributed by atoms with van der Waals surface area (Å²) in [7, 11) is 0. The molecule has 0 amide bonds. The number of nitrogens with one attached hydrogen (secondary N) is 1. The summed E-state index contributed by atoms with van der Waals surface area (Å²) < 4.78 is 0. The van der Waals surface area contributed by atoms with Crippen molar-refractivity contribution in [1.82, 2.24) is 20.4 Å². The van der Waals surface area contributed by atoms with Crippen LogP contribution in [-0.4, -0.2) is 41.3 Å². The van der Waals surface area contributed by atoms with E-state index < -0.39 is 0 Å². The summed E-state index contributed by atoms with van der Waals surface area (Å²) in [5, 5.41) is 14.0. The lowest BCUT2D eigenvalue weighted by Crippen LogP contribution is -2.42. The molecule has 0 atom stereocenters. The van der Waals surface area contributed by atoms with Crippen LogP contribution in [0.3, 0.4) is 0 Å². The van der Waals surface area contributed by atoms with Crippen molar-refractivity contribution < 1.29 is 0 Å². The molecule has 78 valence electrons. The second kappa shape index (κ2) is 4.82.